The van der Waals surface area contributed by atoms with Crippen molar-refractivity contribution in [2.24, 2.45) is 11.8 Å². The van der Waals surface area contributed by atoms with E-state index in [1.165, 1.54) is 11.1 Å². The summed E-state index contributed by atoms with van der Waals surface area (Å²) in [4.78, 5) is 30.2. The average molecular weight is 402 g/mol. The van der Waals surface area contributed by atoms with Gasteiger partial charge in [-0.1, -0.05) is 24.3 Å². The molecule has 2 fully saturated rings. The molecule has 154 valence electrons. The first-order valence-corrected chi connectivity index (χ1v) is 10.6. The molecule has 0 spiro atoms. The van der Waals surface area contributed by atoms with Gasteiger partial charge < -0.3 is 14.8 Å². The van der Waals surface area contributed by atoms with Gasteiger partial charge >= 0.3 is 0 Å². The van der Waals surface area contributed by atoms with E-state index in [0.717, 1.165) is 37.0 Å². The Hall–Kier alpha value is -3.15. The van der Waals surface area contributed by atoms with Gasteiger partial charge in [-0.05, 0) is 50.1 Å². The molecule has 6 nitrogen and oxygen atoms in total. The number of carbonyl (C=O) groups excluding carboxylic acids is 1. The number of nitrogens with zero attached hydrogens (tertiary/aromatic N) is 4. The van der Waals surface area contributed by atoms with Crippen LogP contribution in [-0.2, 0) is 0 Å². The molecule has 0 radical (unpaired) electrons. The van der Waals surface area contributed by atoms with Crippen molar-refractivity contribution < 1.29 is 4.79 Å². The third-order valence-corrected chi connectivity index (χ3v) is 6.51. The van der Waals surface area contributed by atoms with Crippen LogP contribution in [0.2, 0.25) is 0 Å². The summed E-state index contributed by atoms with van der Waals surface area (Å²) in [5.74, 6) is 1.65. The van der Waals surface area contributed by atoms with Crippen molar-refractivity contribution in [2.45, 2.75) is 26.8 Å². The van der Waals surface area contributed by atoms with Crippen LogP contribution in [0.25, 0.3) is 0 Å². The number of fused-ring (bicyclic) bond motifs is 1. The Labute approximate surface area is 177 Å². The third-order valence-electron chi connectivity index (χ3n) is 6.51. The zero-order chi connectivity index (χ0) is 20.8. The van der Waals surface area contributed by atoms with Crippen molar-refractivity contribution >= 4 is 11.9 Å². The molecular formula is C24H27N5O. The summed E-state index contributed by atoms with van der Waals surface area (Å²) in [6.07, 6.45) is 1.81. The van der Waals surface area contributed by atoms with Crippen LogP contribution in [0.5, 0.6) is 0 Å². The molecule has 30 heavy (non-hydrogen) atoms. The van der Waals surface area contributed by atoms with E-state index in [4.69, 9.17) is 0 Å². The molecule has 1 amide bonds. The van der Waals surface area contributed by atoms with Crippen molar-refractivity contribution in [3.8, 4) is 0 Å². The summed E-state index contributed by atoms with van der Waals surface area (Å²) in [7, 11) is 0. The second kappa shape index (κ2) is 7.27. The maximum Gasteiger partial charge on any atom is 0.270 e. The Morgan fingerprint density at radius 3 is 2.47 bits per heavy atom. The minimum absolute atomic E-state index is 0.0582. The monoisotopic (exact) mass is 401 g/mol. The van der Waals surface area contributed by atoms with Crippen LogP contribution in [-0.4, -0.2) is 45.4 Å². The van der Waals surface area contributed by atoms with Gasteiger partial charge in [0.15, 0.2) is 0 Å². The smallest absolute Gasteiger partial charge is 0.270 e. The highest BCUT2D eigenvalue weighted by atomic mass is 16.2. The first-order chi connectivity index (χ1) is 14.5. The van der Waals surface area contributed by atoms with Crippen molar-refractivity contribution in [3.63, 3.8) is 0 Å². The van der Waals surface area contributed by atoms with Gasteiger partial charge in [-0.25, -0.2) is 9.97 Å². The van der Waals surface area contributed by atoms with Crippen LogP contribution < -0.4 is 4.90 Å². The Balaban J connectivity index is 1.49. The minimum Gasteiger partial charge on any atom is -0.357 e. The molecular weight excluding hydrogens is 374 g/mol. The van der Waals surface area contributed by atoms with Crippen LogP contribution in [0.3, 0.4) is 0 Å². The second-order valence-electron chi connectivity index (χ2n) is 8.62. The summed E-state index contributed by atoms with van der Waals surface area (Å²) < 4.78 is 0. The molecule has 5 rings (SSSR count). The summed E-state index contributed by atoms with van der Waals surface area (Å²) >= 11 is 0. The maximum atomic E-state index is 13.3. The fourth-order valence-electron chi connectivity index (χ4n) is 5.20. The standard InChI is InChI=1S/C24H27N5O/c1-15-7-4-5-8-19(15)22-20-14-28(24-26-16(2)11-17(3)27-24)12-18(20)13-29(22)23(30)21-9-6-10-25-21/h4-11,18,20,22,25H,12-14H2,1-3H3/t18-,20-,22+/m0/s1. The number of aromatic nitrogens is 3. The fraction of sp³-hybridized carbons (Fsp3) is 0.375. The van der Waals surface area contributed by atoms with Gasteiger partial charge in [0.1, 0.15) is 5.69 Å². The number of aryl methyl sites for hydroxylation is 3. The van der Waals surface area contributed by atoms with Crippen LogP contribution in [0.15, 0.2) is 48.7 Å². The van der Waals surface area contributed by atoms with E-state index in [2.05, 4.69) is 55.9 Å². The van der Waals surface area contributed by atoms with Gasteiger partial charge in [-0.3, -0.25) is 4.79 Å². The molecule has 2 aliphatic rings. The van der Waals surface area contributed by atoms with Crippen LogP contribution in [0.4, 0.5) is 5.95 Å². The van der Waals surface area contributed by atoms with Crippen molar-refractivity contribution in [1.29, 1.82) is 0 Å². The highest BCUT2D eigenvalue weighted by Gasteiger charge is 2.50. The molecule has 3 atom stereocenters. The summed E-state index contributed by atoms with van der Waals surface area (Å²) in [6.45, 7) is 8.66. The largest absolute Gasteiger partial charge is 0.357 e. The quantitative estimate of drug-likeness (QED) is 0.727. The molecule has 0 unspecified atom stereocenters. The Morgan fingerprint density at radius 1 is 1.00 bits per heavy atom. The normalized spacial score (nSPS) is 23.1. The minimum atomic E-state index is 0.0582. The van der Waals surface area contributed by atoms with Gasteiger partial charge in [0, 0.05) is 49.1 Å². The zero-order valence-electron chi connectivity index (χ0n) is 17.7. The highest BCUT2D eigenvalue weighted by molar-refractivity contribution is 5.93. The van der Waals surface area contributed by atoms with Crippen LogP contribution in [0, 0.1) is 32.6 Å². The van der Waals surface area contributed by atoms with Gasteiger partial charge in [0.25, 0.3) is 5.91 Å². The number of H-pyrrole nitrogens is 1. The van der Waals surface area contributed by atoms with Crippen molar-refractivity contribution in [3.05, 3.63) is 76.9 Å². The van der Waals surface area contributed by atoms with Gasteiger partial charge in [-0.15, -0.1) is 0 Å². The average Bonchev–Trinajstić information content (AvgIpc) is 3.43. The number of hydrogen-bond donors (Lipinski definition) is 1. The first kappa shape index (κ1) is 18.9. The van der Waals surface area contributed by atoms with E-state index in [0.29, 0.717) is 17.5 Å². The lowest BCUT2D eigenvalue weighted by molar-refractivity contribution is 0.0710. The summed E-state index contributed by atoms with van der Waals surface area (Å²) in [6, 6.07) is 14.3. The number of hydrogen-bond acceptors (Lipinski definition) is 4. The topological polar surface area (TPSA) is 65.1 Å². The molecule has 2 aromatic heterocycles. The van der Waals surface area contributed by atoms with E-state index >= 15 is 0 Å². The number of aromatic amines is 1. The number of benzene rings is 1. The third kappa shape index (κ3) is 3.16. The molecule has 3 aromatic rings. The Kier molecular flexibility index (Phi) is 4.57. The molecule has 2 saturated heterocycles. The molecule has 4 heterocycles. The van der Waals surface area contributed by atoms with Crippen molar-refractivity contribution in [1.82, 2.24) is 19.9 Å². The molecule has 1 aromatic carbocycles. The number of nitrogens with one attached hydrogen (secondary N) is 1. The van der Waals surface area contributed by atoms with Crippen molar-refractivity contribution in [2.75, 3.05) is 24.5 Å². The highest BCUT2D eigenvalue weighted by Crippen LogP contribution is 2.46. The molecule has 0 aliphatic carbocycles. The molecule has 0 saturated carbocycles. The van der Waals surface area contributed by atoms with Crippen LogP contribution >= 0.6 is 0 Å². The maximum absolute atomic E-state index is 13.3. The number of likely N-dealkylation sites (tertiary alicyclic amines) is 1. The number of carbonyl (C=O) groups is 1. The zero-order valence-corrected chi connectivity index (χ0v) is 17.7. The summed E-state index contributed by atoms with van der Waals surface area (Å²) in [5, 5.41) is 0. The molecule has 1 N–H and O–H groups in total. The predicted octanol–water partition coefficient (Wildman–Crippen LogP) is 3.68. The van der Waals surface area contributed by atoms with E-state index in [1.807, 2.05) is 38.2 Å². The SMILES string of the molecule is Cc1cc(C)nc(N2C[C@H]3CN(C(=O)c4ccc[nH]4)[C@H](c4ccccc4C)[C@H]3C2)n1. The molecule has 6 heteroatoms. The lowest BCUT2D eigenvalue weighted by atomic mass is 9.87. The van der Waals surface area contributed by atoms with Gasteiger partial charge in [0.05, 0.1) is 6.04 Å². The first-order valence-electron chi connectivity index (χ1n) is 10.6. The Morgan fingerprint density at radius 2 is 1.77 bits per heavy atom. The predicted molar refractivity (Wildman–Crippen MR) is 116 cm³/mol. The van der Waals surface area contributed by atoms with E-state index < -0.39 is 0 Å². The number of rotatable bonds is 3. The van der Waals surface area contributed by atoms with E-state index in [1.54, 1.807) is 0 Å². The van der Waals surface area contributed by atoms with E-state index in [9.17, 15) is 4.79 Å². The fourth-order valence-corrected chi connectivity index (χ4v) is 5.20. The second-order valence-corrected chi connectivity index (χ2v) is 8.62. The number of anilines is 1. The number of amides is 1. The molecule has 0 bridgehead atoms. The van der Waals surface area contributed by atoms with Crippen LogP contribution in [0.1, 0.15) is 39.0 Å². The van der Waals surface area contributed by atoms with Gasteiger partial charge in [0.2, 0.25) is 5.95 Å². The Bertz CT molecular complexity index is 1060. The summed E-state index contributed by atoms with van der Waals surface area (Å²) in [5.41, 5.74) is 5.12. The van der Waals surface area contributed by atoms with E-state index in [-0.39, 0.29) is 11.9 Å². The molecule has 2 aliphatic heterocycles. The lowest BCUT2D eigenvalue weighted by Gasteiger charge is -2.30. The van der Waals surface area contributed by atoms with Gasteiger partial charge in [-0.2, -0.15) is 0 Å². The lowest BCUT2D eigenvalue weighted by Crippen LogP contribution is -2.36.